The van der Waals surface area contributed by atoms with Crippen LogP contribution in [0.1, 0.15) is 30.4 Å². The average Bonchev–Trinajstić information content (AvgIpc) is 3.17. The molecule has 0 radical (unpaired) electrons. The molecule has 3 aromatic rings. The molecular weight excluding hydrogens is 308 g/mol. The third kappa shape index (κ3) is 2.16. The van der Waals surface area contributed by atoms with E-state index in [4.69, 9.17) is 0 Å². The summed E-state index contributed by atoms with van der Waals surface area (Å²) in [4.78, 5) is 2.46. The first-order chi connectivity index (χ1) is 10.8. The second kappa shape index (κ2) is 5.65. The predicted octanol–water partition coefficient (Wildman–Crippen LogP) is 5.51. The summed E-state index contributed by atoms with van der Waals surface area (Å²) < 4.78 is 0. The van der Waals surface area contributed by atoms with E-state index in [1.54, 1.807) is 22.7 Å². The first kappa shape index (κ1) is 14.2. The first-order valence-corrected chi connectivity index (χ1v) is 9.46. The minimum absolute atomic E-state index is 0.322. The molecular formula is C19H18OS2. The number of benzene rings is 1. The predicted molar refractivity (Wildman–Crippen MR) is 94.4 cm³/mol. The molecule has 4 rings (SSSR count). The fourth-order valence-electron chi connectivity index (χ4n) is 3.34. The van der Waals surface area contributed by atoms with Gasteiger partial charge >= 0.3 is 0 Å². The molecule has 0 aliphatic heterocycles. The van der Waals surface area contributed by atoms with Crippen LogP contribution in [0.5, 0.6) is 0 Å². The Bertz CT molecular complexity index is 741. The van der Waals surface area contributed by atoms with Crippen molar-refractivity contribution in [2.75, 3.05) is 0 Å². The second-order valence-corrected chi connectivity index (χ2v) is 7.76. The van der Waals surface area contributed by atoms with Gasteiger partial charge in [0.25, 0.3) is 0 Å². The van der Waals surface area contributed by atoms with Crippen LogP contribution >= 0.6 is 22.7 Å². The highest BCUT2D eigenvalue weighted by atomic mass is 32.1. The van der Waals surface area contributed by atoms with Crippen molar-refractivity contribution in [2.24, 2.45) is 5.92 Å². The zero-order chi connectivity index (χ0) is 15.0. The van der Waals surface area contributed by atoms with Gasteiger partial charge in [0.15, 0.2) is 0 Å². The molecule has 1 unspecified atom stereocenters. The smallest absolute Gasteiger partial charge is 0.119 e. The monoisotopic (exact) mass is 326 g/mol. The van der Waals surface area contributed by atoms with Crippen LogP contribution in [-0.4, -0.2) is 5.11 Å². The number of thiophene rings is 2. The van der Waals surface area contributed by atoms with E-state index in [-0.39, 0.29) is 0 Å². The summed E-state index contributed by atoms with van der Waals surface area (Å²) in [6.45, 7) is 0. The van der Waals surface area contributed by atoms with Crippen molar-refractivity contribution < 1.29 is 5.11 Å². The SMILES string of the molecule is OC(c1ccccc1)(c1ccsc1-c1cccs1)C1CCC1. The highest BCUT2D eigenvalue weighted by molar-refractivity contribution is 7.20. The van der Waals surface area contributed by atoms with E-state index < -0.39 is 5.60 Å². The molecule has 1 N–H and O–H groups in total. The Morgan fingerprint density at radius 3 is 2.36 bits per heavy atom. The van der Waals surface area contributed by atoms with E-state index in [0.29, 0.717) is 5.92 Å². The van der Waals surface area contributed by atoms with E-state index >= 15 is 0 Å². The van der Waals surface area contributed by atoms with Crippen LogP contribution in [0.2, 0.25) is 0 Å². The molecule has 2 aromatic heterocycles. The number of hydrogen-bond acceptors (Lipinski definition) is 3. The van der Waals surface area contributed by atoms with Gasteiger partial charge in [-0.15, -0.1) is 22.7 Å². The number of hydrogen-bond donors (Lipinski definition) is 1. The summed E-state index contributed by atoms with van der Waals surface area (Å²) in [5.74, 6) is 0.322. The van der Waals surface area contributed by atoms with Crippen LogP contribution in [0.3, 0.4) is 0 Å². The summed E-state index contributed by atoms with van der Waals surface area (Å²) >= 11 is 3.47. The van der Waals surface area contributed by atoms with Crippen LogP contribution in [0.15, 0.2) is 59.3 Å². The van der Waals surface area contributed by atoms with Crippen molar-refractivity contribution in [1.29, 1.82) is 0 Å². The molecule has 3 heteroatoms. The molecule has 112 valence electrons. The molecule has 0 amide bonds. The Balaban J connectivity index is 1.88. The lowest BCUT2D eigenvalue weighted by molar-refractivity contribution is -0.0192. The maximum Gasteiger partial charge on any atom is 0.119 e. The Morgan fingerprint density at radius 2 is 1.73 bits per heavy atom. The Hall–Kier alpha value is -1.42. The number of rotatable bonds is 4. The van der Waals surface area contributed by atoms with Crippen molar-refractivity contribution >= 4 is 22.7 Å². The average molecular weight is 326 g/mol. The Morgan fingerprint density at radius 1 is 0.909 bits per heavy atom. The van der Waals surface area contributed by atoms with Crippen LogP contribution < -0.4 is 0 Å². The topological polar surface area (TPSA) is 20.2 Å². The molecule has 1 aliphatic carbocycles. The van der Waals surface area contributed by atoms with E-state index in [0.717, 1.165) is 24.0 Å². The van der Waals surface area contributed by atoms with Gasteiger partial charge in [0.05, 0.1) is 4.88 Å². The number of aliphatic hydroxyl groups is 1. The normalized spacial score (nSPS) is 17.9. The van der Waals surface area contributed by atoms with Gasteiger partial charge in [-0.2, -0.15) is 0 Å². The molecule has 1 aliphatic rings. The van der Waals surface area contributed by atoms with E-state index in [1.165, 1.54) is 16.2 Å². The molecule has 2 heterocycles. The summed E-state index contributed by atoms with van der Waals surface area (Å²) in [5, 5.41) is 16.0. The largest absolute Gasteiger partial charge is 0.380 e. The zero-order valence-electron chi connectivity index (χ0n) is 12.2. The van der Waals surface area contributed by atoms with Gasteiger partial charge in [-0.3, -0.25) is 0 Å². The maximum atomic E-state index is 11.8. The van der Waals surface area contributed by atoms with Crippen molar-refractivity contribution in [3.05, 3.63) is 70.4 Å². The molecule has 0 bridgehead atoms. The van der Waals surface area contributed by atoms with Crippen molar-refractivity contribution in [3.63, 3.8) is 0 Å². The van der Waals surface area contributed by atoms with Crippen LogP contribution in [-0.2, 0) is 5.60 Å². The minimum atomic E-state index is -0.862. The van der Waals surface area contributed by atoms with E-state index in [2.05, 4.69) is 41.1 Å². The van der Waals surface area contributed by atoms with Gasteiger partial charge in [0, 0.05) is 10.4 Å². The molecule has 1 saturated carbocycles. The maximum absolute atomic E-state index is 11.8. The van der Waals surface area contributed by atoms with Crippen molar-refractivity contribution in [3.8, 4) is 9.75 Å². The van der Waals surface area contributed by atoms with Gasteiger partial charge in [0.2, 0.25) is 0 Å². The molecule has 0 spiro atoms. The third-order valence-corrected chi connectivity index (χ3v) is 6.69. The lowest BCUT2D eigenvalue weighted by Crippen LogP contribution is -2.40. The Labute approximate surface area is 138 Å². The Kier molecular flexibility index (Phi) is 3.65. The summed E-state index contributed by atoms with van der Waals surface area (Å²) in [6.07, 6.45) is 3.43. The standard InChI is InChI=1S/C19H18OS2/c20-19(15-8-4-9-15,14-6-2-1-3-7-14)16-11-13-22-18(16)17-10-5-12-21-17/h1-3,5-7,10-13,15,20H,4,8-9H2. The van der Waals surface area contributed by atoms with Crippen LogP contribution in [0.4, 0.5) is 0 Å². The molecule has 1 nitrogen and oxygen atoms in total. The summed E-state index contributed by atoms with van der Waals surface area (Å²) in [7, 11) is 0. The minimum Gasteiger partial charge on any atom is -0.380 e. The summed E-state index contributed by atoms with van der Waals surface area (Å²) in [5.41, 5.74) is 1.24. The molecule has 22 heavy (non-hydrogen) atoms. The highest BCUT2D eigenvalue weighted by Gasteiger charge is 2.44. The van der Waals surface area contributed by atoms with Crippen LogP contribution in [0.25, 0.3) is 9.75 Å². The molecule has 1 atom stereocenters. The van der Waals surface area contributed by atoms with Gasteiger partial charge in [-0.05, 0) is 47.2 Å². The molecule has 1 aromatic carbocycles. The third-order valence-electron chi connectivity index (χ3n) is 4.73. The van der Waals surface area contributed by atoms with Gasteiger partial charge < -0.3 is 5.11 Å². The quantitative estimate of drug-likeness (QED) is 0.670. The highest BCUT2D eigenvalue weighted by Crippen LogP contribution is 2.50. The lowest BCUT2D eigenvalue weighted by atomic mass is 9.66. The first-order valence-electron chi connectivity index (χ1n) is 7.70. The van der Waals surface area contributed by atoms with Gasteiger partial charge in [0.1, 0.15) is 5.60 Å². The fourth-order valence-corrected chi connectivity index (χ4v) is 5.18. The van der Waals surface area contributed by atoms with Crippen molar-refractivity contribution in [2.45, 2.75) is 24.9 Å². The second-order valence-electron chi connectivity index (χ2n) is 5.90. The van der Waals surface area contributed by atoms with Gasteiger partial charge in [-0.25, -0.2) is 0 Å². The van der Waals surface area contributed by atoms with Crippen LogP contribution in [0, 0.1) is 5.92 Å². The lowest BCUT2D eigenvalue weighted by Gasteiger charge is -2.42. The fraction of sp³-hybridized carbons (Fsp3) is 0.263. The molecule has 1 fully saturated rings. The zero-order valence-corrected chi connectivity index (χ0v) is 13.9. The van der Waals surface area contributed by atoms with E-state index in [9.17, 15) is 5.11 Å². The summed E-state index contributed by atoms with van der Waals surface area (Å²) in [6, 6.07) is 16.5. The van der Waals surface area contributed by atoms with Gasteiger partial charge in [-0.1, -0.05) is 42.8 Å². The molecule has 0 saturated heterocycles. The van der Waals surface area contributed by atoms with E-state index in [1.807, 2.05) is 18.2 Å². The van der Waals surface area contributed by atoms with Crippen molar-refractivity contribution in [1.82, 2.24) is 0 Å².